The summed E-state index contributed by atoms with van der Waals surface area (Å²) < 4.78 is 17.8. The lowest BCUT2D eigenvalue weighted by Gasteiger charge is -2.41. The number of hydrogen-bond donors (Lipinski definition) is 0. The van der Waals surface area contributed by atoms with Gasteiger partial charge in [0, 0.05) is 11.8 Å². The number of ether oxygens (including phenoxy) is 3. The van der Waals surface area contributed by atoms with Crippen molar-refractivity contribution in [2.75, 3.05) is 6.61 Å². The molecule has 0 aliphatic carbocycles. The van der Waals surface area contributed by atoms with Crippen LogP contribution in [0.25, 0.3) is 0 Å². The van der Waals surface area contributed by atoms with Crippen molar-refractivity contribution in [1.82, 2.24) is 0 Å². The van der Waals surface area contributed by atoms with E-state index in [0.717, 1.165) is 11.8 Å². The zero-order chi connectivity index (χ0) is 18.7. The Morgan fingerprint density at radius 1 is 1.28 bits per heavy atom. The van der Waals surface area contributed by atoms with Gasteiger partial charge in [-0.2, -0.15) is 0 Å². The maximum atomic E-state index is 12.1. The smallest absolute Gasteiger partial charge is 0.164 e. The van der Waals surface area contributed by atoms with Crippen LogP contribution in [0.5, 0.6) is 0 Å². The summed E-state index contributed by atoms with van der Waals surface area (Å²) in [4.78, 5) is 23.8. The van der Waals surface area contributed by atoms with E-state index in [0.29, 0.717) is 6.61 Å². The molecule has 0 bridgehead atoms. The zero-order valence-electron chi connectivity index (χ0n) is 15.7. The summed E-state index contributed by atoms with van der Waals surface area (Å²) in [5, 5.41) is 0. The molecule has 0 saturated carbocycles. The quantitative estimate of drug-likeness (QED) is 0.675. The normalized spacial score (nSPS) is 25.7. The van der Waals surface area contributed by atoms with Gasteiger partial charge in [-0.05, 0) is 26.3 Å². The highest BCUT2D eigenvalue weighted by Gasteiger charge is 2.61. The first kappa shape index (κ1) is 19.8. The van der Waals surface area contributed by atoms with Crippen molar-refractivity contribution in [2.24, 2.45) is 5.41 Å². The minimum atomic E-state index is -1.24. The topological polar surface area (TPSA) is 61.8 Å². The molecule has 5 heteroatoms. The fourth-order valence-corrected chi connectivity index (χ4v) is 3.54. The molecule has 1 heterocycles. The predicted molar refractivity (Wildman–Crippen MR) is 94.0 cm³/mol. The van der Waals surface area contributed by atoms with Crippen molar-refractivity contribution in [3.8, 4) is 0 Å². The average molecular weight is 348 g/mol. The van der Waals surface area contributed by atoms with Crippen molar-refractivity contribution in [3.63, 3.8) is 0 Å². The highest BCUT2D eigenvalue weighted by Crippen LogP contribution is 2.48. The van der Waals surface area contributed by atoms with Crippen molar-refractivity contribution >= 4 is 12.1 Å². The van der Waals surface area contributed by atoms with Crippen molar-refractivity contribution in [2.45, 2.75) is 65.1 Å². The Morgan fingerprint density at radius 2 is 1.92 bits per heavy atom. The molecule has 1 saturated heterocycles. The molecule has 0 amide bonds. The van der Waals surface area contributed by atoms with Gasteiger partial charge in [-0.25, -0.2) is 0 Å². The van der Waals surface area contributed by atoms with Gasteiger partial charge < -0.3 is 19.0 Å². The second-order valence-electron chi connectivity index (χ2n) is 7.78. The average Bonchev–Trinajstić information content (AvgIpc) is 2.79. The van der Waals surface area contributed by atoms with Crippen molar-refractivity contribution < 1.29 is 23.8 Å². The molecule has 25 heavy (non-hydrogen) atoms. The Morgan fingerprint density at radius 3 is 2.48 bits per heavy atom. The van der Waals surface area contributed by atoms with E-state index in [4.69, 9.17) is 14.2 Å². The van der Waals surface area contributed by atoms with E-state index in [9.17, 15) is 9.59 Å². The molecule has 1 fully saturated rings. The number of hydrogen-bond acceptors (Lipinski definition) is 5. The minimum Gasteiger partial charge on any atom is -0.374 e. The van der Waals surface area contributed by atoms with Crippen LogP contribution in [0.3, 0.4) is 0 Å². The van der Waals surface area contributed by atoms with E-state index >= 15 is 0 Å². The molecule has 1 aliphatic rings. The standard InChI is InChI=1S/C20H28O5/c1-15(22)11-18(2,3)20(14-21)17(24-19(4,5)25-20)13-23-12-16-9-7-6-8-10-16/h6-10,14,17H,11-13H2,1-5H3/t17-,20+/m0/s1. The Labute approximate surface area is 149 Å². The molecule has 1 aromatic rings. The molecule has 1 aromatic carbocycles. The fraction of sp³-hybridized carbons (Fsp3) is 0.600. The highest BCUT2D eigenvalue weighted by atomic mass is 16.8. The van der Waals surface area contributed by atoms with E-state index in [1.165, 1.54) is 6.92 Å². The Kier molecular flexibility index (Phi) is 5.82. The number of carbonyl (C=O) groups is 2. The monoisotopic (exact) mass is 348 g/mol. The molecule has 5 nitrogen and oxygen atoms in total. The first-order valence-corrected chi connectivity index (χ1v) is 8.57. The van der Waals surface area contributed by atoms with Crippen molar-refractivity contribution in [1.29, 1.82) is 0 Å². The third kappa shape index (κ3) is 4.35. The van der Waals surface area contributed by atoms with Crippen LogP contribution in [-0.2, 0) is 30.4 Å². The van der Waals surface area contributed by atoms with Crippen LogP contribution in [0, 0.1) is 5.41 Å². The Bertz CT molecular complexity index is 608. The number of carbonyl (C=O) groups excluding carboxylic acids is 2. The maximum Gasteiger partial charge on any atom is 0.164 e. The number of benzene rings is 1. The maximum absolute atomic E-state index is 12.1. The molecule has 2 atom stereocenters. The highest BCUT2D eigenvalue weighted by molar-refractivity contribution is 5.78. The van der Waals surface area contributed by atoms with Gasteiger partial charge in [-0.1, -0.05) is 44.2 Å². The predicted octanol–water partition coefficient (Wildman–Crippen LogP) is 3.30. The summed E-state index contributed by atoms with van der Waals surface area (Å²) in [5.74, 6) is -0.918. The van der Waals surface area contributed by atoms with E-state index < -0.39 is 22.9 Å². The Balaban J connectivity index is 2.17. The molecule has 0 spiro atoms. The van der Waals surface area contributed by atoms with Gasteiger partial charge in [0.05, 0.1) is 13.2 Å². The lowest BCUT2D eigenvalue weighted by molar-refractivity contribution is -0.186. The fourth-order valence-electron chi connectivity index (χ4n) is 3.54. The number of aldehydes is 1. The summed E-state index contributed by atoms with van der Waals surface area (Å²) in [6.07, 6.45) is 0.416. The van der Waals surface area contributed by atoms with Crippen LogP contribution in [-0.4, -0.2) is 36.2 Å². The second kappa shape index (κ2) is 7.36. The largest absolute Gasteiger partial charge is 0.374 e. The summed E-state index contributed by atoms with van der Waals surface area (Å²) >= 11 is 0. The number of Topliss-reactive ketones (excluding diaryl/α,β-unsaturated/α-hetero) is 1. The zero-order valence-corrected chi connectivity index (χ0v) is 15.7. The van der Waals surface area contributed by atoms with E-state index in [1.807, 2.05) is 44.2 Å². The third-order valence-electron chi connectivity index (χ3n) is 4.62. The van der Waals surface area contributed by atoms with Crippen LogP contribution in [0.4, 0.5) is 0 Å². The molecule has 2 rings (SSSR count). The van der Waals surface area contributed by atoms with Gasteiger partial charge in [0.1, 0.15) is 11.9 Å². The summed E-state index contributed by atoms with van der Waals surface area (Å²) in [6, 6.07) is 9.79. The van der Waals surface area contributed by atoms with Gasteiger partial charge in [0.25, 0.3) is 0 Å². The molecule has 0 radical (unpaired) electrons. The van der Waals surface area contributed by atoms with Crippen LogP contribution in [0.15, 0.2) is 30.3 Å². The SMILES string of the molecule is CC(=O)CC(C)(C)[C@]1(C=O)OC(C)(C)O[C@H]1COCc1ccccc1. The molecule has 0 N–H and O–H groups in total. The summed E-state index contributed by atoms with van der Waals surface area (Å²) in [7, 11) is 0. The Hall–Kier alpha value is -1.56. The summed E-state index contributed by atoms with van der Waals surface area (Å²) in [5.41, 5.74) is -0.908. The van der Waals surface area contributed by atoms with Crippen molar-refractivity contribution in [3.05, 3.63) is 35.9 Å². The van der Waals surface area contributed by atoms with Crippen LogP contribution in [0.1, 0.15) is 46.6 Å². The van der Waals surface area contributed by atoms with E-state index in [2.05, 4.69) is 0 Å². The van der Waals surface area contributed by atoms with E-state index in [1.54, 1.807) is 13.8 Å². The molecular weight excluding hydrogens is 320 g/mol. The lowest BCUT2D eigenvalue weighted by atomic mass is 9.69. The molecule has 1 aliphatic heterocycles. The van der Waals surface area contributed by atoms with Crippen LogP contribution in [0.2, 0.25) is 0 Å². The van der Waals surface area contributed by atoms with Gasteiger partial charge in [0.2, 0.25) is 0 Å². The molecule has 138 valence electrons. The second-order valence-corrected chi connectivity index (χ2v) is 7.78. The van der Waals surface area contributed by atoms with Gasteiger partial charge in [0.15, 0.2) is 17.7 Å². The van der Waals surface area contributed by atoms with Gasteiger partial charge in [-0.3, -0.25) is 4.79 Å². The van der Waals surface area contributed by atoms with Crippen LogP contribution < -0.4 is 0 Å². The first-order chi connectivity index (χ1) is 11.6. The third-order valence-corrected chi connectivity index (χ3v) is 4.62. The molecule has 0 unspecified atom stereocenters. The number of ketones is 1. The number of rotatable bonds is 8. The van der Waals surface area contributed by atoms with E-state index in [-0.39, 0.29) is 18.8 Å². The summed E-state index contributed by atoms with van der Waals surface area (Å²) in [6.45, 7) is 9.40. The molecular formula is C20H28O5. The van der Waals surface area contributed by atoms with Gasteiger partial charge in [-0.15, -0.1) is 0 Å². The van der Waals surface area contributed by atoms with Gasteiger partial charge >= 0.3 is 0 Å². The lowest BCUT2D eigenvalue weighted by Crippen LogP contribution is -2.56. The minimum absolute atomic E-state index is 0.00323. The van der Waals surface area contributed by atoms with Crippen LogP contribution >= 0.6 is 0 Å². The molecule has 0 aromatic heterocycles. The first-order valence-electron chi connectivity index (χ1n) is 8.57.